The molecule has 0 amide bonds. The van der Waals surface area contributed by atoms with Crippen LogP contribution in [0, 0.1) is 0 Å². The van der Waals surface area contributed by atoms with Gasteiger partial charge in [0.2, 0.25) is 0 Å². The number of hydrogen-bond acceptors (Lipinski definition) is 3. The molecule has 1 spiro atoms. The van der Waals surface area contributed by atoms with Gasteiger partial charge < -0.3 is 9.31 Å². The van der Waals surface area contributed by atoms with Gasteiger partial charge in [0.15, 0.2) is 0 Å². The Morgan fingerprint density at radius 3 is 1.64 bits per heavy atom. The second-order valence-electron chi connectivity index (χ2n) is 13.3. The molecular formula is C40H32BNO2. The van der Waals surface area contributed by atoms with E-state index in [2.05, 4.69) is 149 Å². The Labute approximate surface area is 258 Å². The standard InChI is InChI=1S/C40H32BNO2/c1-38(2)39(3,4)44-41(43-38)33-23-13-8-18-28(33)37-35-27-17-7-12-22-32(27)40(36(35)29-19-9-14-24-34(29)42-37)30-20-10-5-15-25(30)26-16-6-11-21-31(26)40/h5-24H,1-4H3. The van der Waals surface area contributed by atoms with Crippen molar-refractivity contribution >= 4 is 23.5 Å². The molecule has 0 saturated carbocycles. The van der Waals surface area contributed by atoms with E-state index < -0.39 is 23.7 Å². The molecule has 1 aromatic heterocycles. The molecule has 2 aliphatic carbocycles. The molecule has 0 bridgehead atoms. The summed E-state index contributed by atoms with van der Waals surface area (Å²) in [6.07, 6.45) is 0. The topological polar surface area (TPSA) is 31.4 Å². The van der Waals surface area contributed by atoms with Crippen LogP contribution in [0.1, 0.15) is 49.9 Å². The van der Waals surface area contributed by atoms with Crippen molar-refractivity contribution < 1.29 is 9.31 Å². The summed E-state index contributed by atoms with van der Waals surface area (Å²) in [7, 11) is -0.501. The third-order valence-electron chi connectivity index (χ3n) is 10.5. The van der Waals surface area contributed by atoms with Crippen molar-refractivity contribution in [3.8, 4) is 33.5 Å². The van der Waals surface area contributed by atoms with E-state index >= 15 is 0 Å². The number of benzene rings is 5. The summed E-state index contributed by atoms with van der Waals surface area (Å²) in [4.78, 5) is 5.48. The van der Waals surface area contributed by atoms with Crippen LogP contribution in [0.25, 0.3) is 44.4 Å². The fraction of sp³-hybridized carbons (Fsp3) is 0.175. The van der Waals surface area contributed by atoms with Crippen LogP contribution in [0.3, 0.4) is 0 Å². The predicted molar refractivity (Wildman–Crippen MR) is 179 cm³/mol. The SMILES string of the molecule is CC1(C)OB(c2ccccc2-c2nc3ccccc3c3c2-c2ccccc2C32c3ccccc3-c3ccccc32)OC1(C)C. The molecule has 2 heterocycles. The molecule has 0 N–H and O–H groups in total. The summed E-state index contributed by atoms with van der Waals surface area (Å²) in [5.74, 6) is 0. The highest BCUT2D eigenvalue weighted by molar-refractivity contribution is 6.64. The first kappa shape index (κ1) is 25.9. The van der Waals surface area contributed by atoms with Gasteiger partial charge in [-0.2, -0.15) is 0 Å². The molecule has 3 aliphatic rings. The Bertz CT molecular complexity index is 2100. The molecule has 1 aliphatic heterocycles. The zero-order chi connectivity index (χ0) is 29.8. The van der Waals surface area contributed by atoms with Gasteiger partial charge in [-0.05, 0) is 78.2 Å². The first-order chi connectivity index (χ1) is 21.3. The summed E-state index contributed by atoms with van der Waals surface area (Å²) < 4.78 is 13.2. The average Bonchev–Trinajstić information content (AvgIpc) is 3.60. The molecular weight excluding hydrogens is 537 g/mol. The Kier molecular flexibility index (Phi) is 5.18. The van der Waals surface area contributed by atoms with Crippen molar-refractivity contribution in [2.24, 2.45) is 0 Å². The normalized spacial score (nSPS) is 17.9. The molecule has 3 nitrogen and oxygen atoms in total. The number of aromatic nitrogens is 1. The molecule has 212 valence electrons. The van der Waals surface area contributed by atoms with Gasteiger partial charge in [0, 0.05) is 16.5 Å². The summed E-state index contributed by atoms with van der Waals surface area (Å²) >= 11 is 0. The Morgan fingerprint density at radius 2 is 1.00 bits per heavy atom. The first-order valence-electron chi connectivity index (χ1n) is 15.5. The summed E-state index contributed by atoms with van der Waals surface area (Å²) in [6, 6.07) is 44.0. The lowest BCUT2D eigenvalue weighted by Gasteiger charge is -2.32. The molecule has 0 unspecified atom stereocenters. The van der Waals surface area contributed by atoms with Gasteiger partial charge in [0.25, 0.3) is 0 Å². The molecule has 5 aromatic carbocycles. The van der Waals surface area contributed by atoms with E-state index in [-0.39, 0.29) is 0 Å². The fourth-order valence-corrected chi connectivity index (χ4v) is 7.90. The minimum atomic E-state index is -0.501. The molecule has 4 heteroatoms. The number of nitrogens with zero attached hydrogens (tertiary/aromatic N) is 1. The zero-order valence-electron chi connectivity index (χ0n) is 25.4. The van der Waals surface area contributed by atoms with Crippen LogP contribution in [0.15, 0.2) is 121 Å². The van der Waals surface area contributed by atoms with Crippen molar-refractivity contribution in [1.82, 2.24) is 4.98 Å². The molecule has 44 heavy (non-hydrogen) atoms. The van der Waals surface area contributed by atoms with Crippen molar-refractivity contribution in [1.29, 1.82) is 0 Å². The molecule has 0 radical (unpaired) electrons. The van der Waals surface area contributed by atoms with E-state index in [1.165, 1.54) is 49.9 Å². The van der Waals surface area contributed by atoms with E-state index in [9.17, 15) is 0 Å². The van der Waals surface area contributed by atoms with Crippen molar-refractivity contribution in [3.63, 3.8) is 0 Å². The molecule has 1 saturated heterocycles. The van der Waals surface area contributed by atoms with E-state index in [1.807, 2.05) is 0 Å². The highest BCUT2D eigenvalue weighted by Gasteiger charge is 2.55. The second kappa shape index (κ2) is 8.78. The van der Waals surface area contributed by atoms with Crippen LogP contribution in [-0.4, -0.2) is 23.3 Å². The quantitative estimate of drug-likeness (QED) is 0.196. The Hall–Kier alpha value is -4.51. The van der Waals surface area contributed by atoms with Gasteiger partial charge in [-0.15, -0.1) is 0 Å². The van der Waals surface area contributed by atoms with Crippen LogP contribution in [0.4, 0.5) is 0 Å². The Balaban J connectivity index is 1.43. The molecule has 0 atom stereocenters. The van der Waals surface area contributed by atoms with E-state index in [4.69, 9.17) is 14.3 Å². The number of rotatable bonds is 2. The Morgan fingerprint density at radius 1 is 0.523 bits per heavy atom. The lowest BCUT2D eigenvalue weighted by Crippen LogP contribution is -2.41. The van der Waals surface area contributed by atoms with Crippen LogP contribution < -0.4 is 5.46 Å². The third-order valence-corrected chi connectivity index (χ3v) is 10.5. The number of hydrogen-bond donors (Lipinski definition) is 0. The smallest absolute Gasteiger partial charge is 0.399 e. The highest BCUT2D eigenvalue weighted by atomic mass is 16.7. The lowest BCUT2D eigenvalue weighted by molar-refractivity contribution is 0.00578. The van der Waals surface area contributed by atoms with Gasteiger partial charge in [-0.25, -0.2) is 4.98 Å². The monoisotopic (exact) mass is 569 g/mol. The van der Waals surface area contributed by atoms with Crippen molar-refractivity contribution in [3.05, 3.63) is 144 Å². The van der Waals surface area contributed by atoms with Crippen LogP contribution >= 0.6 is 0 Å². The maximum atomic E-state index is 6.62. The molecule has 9 rings (SSSR count). The van der Waals surface area contributed by atoms with Gasteiger partial charge in [-0.3, -0.25) is 0 Å². The first-order valence-corrected chi connectivity index (χ1v) is 15.5. The van der Waals surface area contributed by atoms with Gasteiger partial charge >= 0.3 is 7.12 Å². The van der Waals surface area contributed by atoms with E-state index in [0.29, 0.717) is 0 Å². The molecule has 6 aromatic rings. The van der Waals surface area contributed by atoms with Gasteiger partial charge in [0.1, 0.15) is 0 Å². The molecule has 1 fully saturated rings. The van der Waals surface area contributed by atoms with Gasteiger partial charge in [-0.1, -0.05) is 115 Å². The lowest BCUT2D eigenvalue weighted by atomic mass is 9.69. The summed E-state index contributed by atoms with van der Waals surface area (Å²) in [6.45, 7) is 8.43. The third kappa shape index (κ3) is 3.17. The largest absolute Gasteiger partial charge is 0.495 e. The van der Waals surface area contributed by atoms with Crippen molar-refractivity contribution in [2.75, 3.05) is 0 Å². The minimum Gasteiger partial charge on any atom is -0.399 e. The van der Waals surface area contributed by atoms with Gasteiger partial charge in [0.05, 0.1) is 27.8 Å². The fourth-order valence-electron chi connectivity index (χ4n) is 7.90. The summed E-state index contributed by atoms with van der Waals surface area (Å²) in [5.41, 5.74) is 12.9. The van der Waals surface area contributed by atoms with E-state index in [0.717, 1.165) is 22.2 Å². The van der Waals surface area contributed by atoms with Crippen LogP contribution in [0.2, 0.25) is 0 Å². The minimum absolute atomic E-state index is 0.447. The van der Waals surface area contributed by atoms with Crippen LogP contribution in [0.5, 0.6) is 0 Å². The average molecular weight is 570 g/mol. The highest BCUT2D eigenvalue weighted by Crippen LogP contribution is 2.65. The summed E-state index contributed by atoms with van der Waals surface area (Å²) in [5, 5.41) is 1.18. The van der Waals surface area contributed by atoms with E-state index in [1.54, 1.807) is 0 Å². The number of para-hydroxylation sites is 1. The maximum Gasteiger partial charge on any atom is 0.495 e. The van der Waals surface area contributed by atoms with Crippen LogP contribution in [-0.2, 0) is 14.7 Å². The maximum absolute atomic E-state index is 6.62. The number of fused-ring (bicyclic) bond motifs is 12. The van der Waals surface area contributed by atoms with Crippen molar-refractivity contribution in [2.45, 2.75) is 44.3 Å². The number of pyridine rings is 1. The zero-order valence-corrected chi connectivity index (χ0v) is 25.4. The predicted octanol–water partition coefficient (Wildman–Crippen LogP) is 8.54. The second-order valence-corrected chi connectivity index (χ2v) is 13.3.